The SMILES string of the molecule is COc1ccc(CNC(=O)NCCc2ccc3c(c2)OCO3)cc1F. The Kier molecular flexibility index (Phi) is 5.23. The highest BCUT2D eigenvalue weighted by Gasteiger charge is 2.13. The first-order valence-electron chi connectivity index (χ1n) is 7.88. The van der Waals surface area contributed by atoms with Gasteiger partial charge in [-0.25, -0.2) is 9.18 Å². The van der Waals surface area contributed by atoms with Crippen molar-refractivity contribution < 1.29 is 23.4 Å². The van der Waals surface area contributed by atoms with Crippen LogP contribution < -0.4 is 24.8 Å². The smallest absolute Gasteiger partial charge is 0.315 e. The maximum atomic E-state index is 13.6. The van der Waals surface area contributed by atoms with E-state index in [0.717, 1.165) is 17.1 Å². The first-order valence-corrected chi connectivity index (χ1v) is 7.88. The van der Waals surface area contributed by atoms with Crippen LogP contribution in [-0.2, 0) is 13.0 Å². The van der Waals surface area contributed by atoms with Gasteiger partial charge in [-0.3, -0.25) is 0 Å². The van der Waals surface area contributed by atoms with Gasteiger partial charge in [-0.1, -0.05) is 12.1 Å². The summed E-state index contributed by atoms with van der Waals surface area (Å²) in [5, 5.41) is 5.46. The normalized spacial score (nSPS) is 11.9. The number of amides is 2. The molecule has 3 rings (SSSR count). The first-order chi connectivity index (χ1) is 12.2. The molecule has 2 aromatic carbocycles. The Labute approximate surface area is 144 Å². The van der Waals surface area contributed by atoms with E-state index in [1.54, 1.807) is 6.07 Å². The number of fused-ring (bicyclic) bond motifs is 1. The van der Waals surface area contributed by atoms with Crippen LogP contribution in [0.4, 0.5) is 9.18 Å². The predicted octanol–water partition coefficient (Wildman–Crippen LogP) is 2.60. The van der Waals surface area contributed by atoms with Crippen LogP contribution in [0.2, 0.25) is 0 Å². The van der Waals surface area contributed by atoms with Crippen molar-refractivity contribution >= 4 is 6.03 Å². The summed E-state index contributed by atoms with van der Waals surface area (Å²) < 4.78 is 29.0. The highest BCUT2D eigenvalue weighted by Crippen LogP contribution is 2.32. The minimum absolute atomic E-state index is 0.178. The van der Waals surface area contributed by atoms with E-state index in [0.29, 0.717) is 18.5 Å². The van der Waals surface area contributed by atoms with Crippen molar-refractivity contribution in [2.45, 2.75) is 13.0 Å². The second-order valence-corrected chi connectivity index (χ2v) is 5.52. The first kappa shape index (κ1) is 16.9. The van der Waals surface area contributed by atoms with E-state index in [1.807, 2.05) is 18.2 Å². The number of benzene rings is 2. The van der Waals surface area contributed by atoms with E-state index in [9.17, 15) is 9.18 Å². The number of carbonyl (C=O) groups is 1. The molecule has 0 spiro atoms. The summed E-state index contributed by atoms with van der Waals surface area (Å²) in [5.74, 6) is 1.19. The highest BCUT2D eigenvalue weighted by atomic mass is 19.1. The molecule has 0 radical (unpaired) electrons. The number of urea groups is 1. The molecule has 2 amide bonds. The Bertz CT molecular complexity index is 767. The summed E-state index contributed by atoms with van der Waals surface area (Å²) in [6.45, 7) is 0.949. The van der Waals surface area contributed by atoms with E-state index in [4.69, 9.17) is 14.2 Å². The lowest BCUT2D eigenvalue weighted by atomic mass is 10.1. The molecular weight excluding hydrogens is 327 g/mol. The predicted molar refractivity (Wildman–Crippen MR) is 89.5 cm³/mol. The fraction of sp³-hybridized carbons (Fsp3) is 0.278. The number of hydrogen-bond donors (Lipinski definition) is 2. The van der Waals surface area contributed by atoms with Gasteiger partial charge in [0.1, 0.15) is 0 Å². The molecule has 7 heteroatoms. The molecule has 0 saturated heterocycles. The quantitative estimate of drug-likeness (QED) is 0.844. The van der Waals surface area contributed by atoms with Crippen LogP contribution in [0.3, 0.4) is 0 Å². The van der Waals surface area contributed by atoms with Gasteiger partial charge in [0.05, 0.1) is 7.11 Å². The minimum Gasteiger partial charge on any atom is -0.494 e. The molecule has 1 heterocycles. The molecular formula is C18H19FN2O4. The molecule has 0 aromatic heterocycles. The van der Waals surface area contributed by atoms with E-state index < -0.39 is 5.82 Å². The van der Waals surface area contributed by atoms with E-state index in [1.165, 1.54) is 19.2 Å². The number of carbonyl (C=O) groups excluding carboxylic acids is 1. The second kappa shape index (κ2) is 7.74. The van der Waals surface area contributed by atoms with Gasteiger partial charge in [0.2, 0.25) is 6.79 Å². The van der Waals surface area contributed by atoms with Crippen molar-refractivity contribution in [2.75, 3.05) is 20.4 Å². The molecule has 0 atom stereocenters. The lowest BCUT2D eigenvalue weighted by molar-refractivity contribution is 0.174. The zero-order chi connectivity index (χ0) is 17.6. The summed E-state index contributed by atoms with van der Waals surface area (Å²) in [6, 6.07) is 9.97. The van der Waals surface area contributed by atoms with Gasteiger partial charge in [-0.15, -0.1) is 0 Å². The van der Waals surface area contributed by atoms with Crippen LogP contribution >= 0.6 is 0 Å². The maximum Gasteiger partial charge on any atom is 0.315 e. The average Bonchev–Trinajstić information content (AvgIpc) is 3.08. The van der Waals surface area contributed by atoms with Crippen LogP contribution in [0.25, 0.3) is 0 Å². The summed E-state index contributed by atoms with van der Waals surface area (Å²) >= 11 is 0. The summed E-state index contributed by atoms with van der Waals surface area (Å²) in [7, 11) is 1.41. The van der Waals surface area contributed by atoms with Crippen LogP contribution in [0.1, 0.15) is 11.1 Å². The fourth-order valence-electron chi connectivity index (χ4n) is 2.48. The number of ether oxygens (including phenoxy) is 3. The lowest BCUT2D eigenvalue weighted by Crippen LogP contribution is -2.36. The molecule has 132 valence electrons. The topological polar surface area (TPSA) is 68.8 Å². The summed E-state index contributed by atoms with van der Waals surface area (Å²) in [4.78, 5) is 11.8. The van der Waals surface area contributed by atoms with Crippen LogP contribution in [0, 0.1) is 5.82 Å². The number of methoxy groups -OCH3 is 1. The molecule has 2 N–H and O–H groups in total. The van der Waals surface area contributed by atoms with Gasteiger partial charge >= 0.3 is 6.03 Å². The lowest BCUT2D eigenvalue weighted by Gasteiger charge is -2.09. The van der Waals surface area contributed by atoms with Gasteiger partial charge in [-0.05, 0) is 41.8 Å². The van der Waals surface area contributed by atoms with Gasteiger partial charge in [0, 0.05) is 13.1 Å². The molecule has 0 saturated carbocycles. The van der Waals surface area contributed by atoms with E-state index >= 15 is 0 Å². The molecule has 1 aliphatic rings. The second-order valence-electron chi connectivity index (χ2n) is 5.52. The molecule has 6 nitrogen and oxygen atoms in total. The Balaban J connectivity index is 1.41. The Morgan fingerprint density at radius 2 is 1.92 bits per heavy atom. The number of halogens is 1. The zero-order valence-corrected chi connectivity index (χ0v) is 13.8. The molecule has 2 aromatic rings. The Morgan fingerprint density at radius 1 is 1.12 bits per heavy atom. The van der Waals surface area contributed by atoms with Gasteiger partial charge < -0.3 is 24.8 Å². The largest absolute Gasteiger partial charge is 0.494 e. The number of nitrogens with one attached hydrogen (secondary N) is 2. The highest BCUT2D eigenvalue weighted by molar-refractivity contribution is 5.73. The summed E-state index contributed by atoms with van der Waals surface area (Å²) in [5.41, 5.74) is 1.70. The van der Waals surface area contributed by atoms with Crippen molar-refractivity contribution in [3.8, 4) is 17.2 Å². The molecule has 1 aliphatic heterocycles. The zero-order valence-electron chi connectivity index (χ0n) is 13.8. The van der Waals surface area contributed by atoms with E-state index in [2.05, 4.69) is 10.6 Å². The van der Waals surface area contributed by atoms with Gasteiger partial charge in [0.25, 0.3) is 0 Å². The van der Waals surface area contributed by atoms with Crippen LogP contribution in [-0.4, -0.2) is 26.5 Å². The third kappa shape index (κ3) is 4.32. The average molecular weight is 346 g/mol. The fourth-order valence-corrected chi connectivity index (χ4v) is 2.48. The number of rotatable bonds is 6. The number of hydrogen-bond acceptors (Lipinski definition) is 4. The van der Waals surface area contributed by atoms with Gasteiger partial charge in [-0.2, -0.15) is 0 Å². The third-order valence-electron chi connectivity index (χ3n) is 3.81. The standard InChI is InChI=1S/C18H19FN2O4/c1-23-15-4-3-13(8-14(15)19)10-21-18(22)20-7-6-12-2-5-16-17(9-12)25-11-24-16/h2-5,8-9H,6-7,10-11H2,1H3,(H2,20,21,22). The van der Waals surface area contributed by atoms with Crippen molar-refractivity contribution in [2.24, 2.45) is 0 Å². The van der Waals surface area contributed by atoms with Crippen molar-refractivity contribution in [1.29, 1.82) is 0 Å². The summed E-state index contributed by atoms with van der Waals surface area (Å²) in [6.07, 6.45) is 0.668. The van der Waals surface area contributed by atoms with Crippen molar-refractivity contribution in [3.63, 3.8) is 0 Å². The monoisotopic (exact) mass is 346 g/mol. The molecule has 25 heavy (non-hydrogen) atoms. The third-order valence-corrected chi connectivity index (χ3v) is 3.81. The Morgan fingerprint density at radius 3 is 2.72 bits per heavy atom. The van der Waals surface area contributed by atoms with Crippen LogP contribution in [0.15, 0.2) is 36.4 Å². The molecule has 0 unspecified atom stereocenters. The molecule has 0 aliphatic carbocycles. The van der Waals surface area contributed by atoms with E-state index in [-0.39, 0.29) is 25.1 Å². The van der Waals surface area contributed by atoms with Crippen molar-refractivity contribution in [1.82, 2.24) is 10.6 Å². The minimum atomic E-state index is -0.454. The van der Waals surface area contributed by atoms with Gasteiger partial charge in [0.15, 0.2) is 23.1 Å². The van der Waals surface area contributed by atoms with Crippen LogP contribution in [0.5, 0.6) is 17.2 Å². The Hall–Kier alpha value is -2.96. The molecule has 0 bridgehead atoms. The molecule has 0 fully saturated rings. The van der Waals surface area contributed by atoms with Crippen molar-refractivity contribution in [3.05, 3.63) is 53.3 Å². The maximum absolute atomic E-state index is 13.6.